The highest BCUT2D eigenvalue weighted by Crippen LogP contribution is 2.25. The predicted octanol–water partition coefficient (Wildman–Crippen LogP) is 1.52. The highest BCUT2D eigenvalue weighted by molar-refractivity contribution is 5.78. The Morgan fingerprint density at radius 3 is 2.85 bits per heavy atom. The van der Waals surface area contributed by atoms with Gasteiger partial charge in [-0.25, -0.2) is 4.98 Å². The van der Waals surface area contributed by atoms with Crippen molar-refractivity contribution in [2.24, 2.45) is 0 Å². The van der Waals surface area contributed by atoms with Crippen molar-refractivity contribution in [1.29, 1.82) is 0 Å². The third kappa shape index (κ3) is 3.03. The molecular formula is C15H24N4O. The lowest BCUT2D eigenvalue weighted by atomic mass is 9.97. The van der Waals surface area contributed by atoms with E-state index in [1.165, 1.54) is 12.8 Å². The van der Waals surface area contributed by atoms with Crippen LogP contribution >= 0.6 is 0 Å². The molecule has 1 aromatic heterocycles. The Morgan fingerprint density at radius 1 is 1.35 bits per heavy atom. The van der Waals surface area contributed by atoms with Crippen LogP contribution in [0.15, 0.2) is 6.20 Å². The quantitative estimate of drug-likeness (QED) is 0.910. The summed E-state index contributed by atoms with van der Waals surface area (Å²) in [7, 11) is 0. The second-order valence-electron chi connectivity index (χ2n) is 6.11. The fourth-order valence-corrected chi connectivity index (χ4v) is 3.30. The van der Waals surface area contributed by atoms with E-state index in [1.54, 1.807) is 0 Å². The Hall–Kier alpha value is -1.36. The molecular weight excluding hydrogens is 252 g/mol. The molecule has 0 spiro atoms. The second-order valence-corrected chi connectivity index (χ2v) is 6.11. The number of H-pyrrole nitrogens is 1. The van der Waals surface area contributed by atoms with E-state index in [-0.39, 0.29) is 0 Å². The number of imidazole rings is 1. The lowest BCUT2D eigenvalue weighted by molar-refractivity contribution is -0.133. The summed E-state index contributed by atoms with van der Waals surface area (Å²) in [4.78, 5) is 24.5. The van der Waals surface area contributed by atoms with Crippen LogP contribution in [0.1, 0.15) is 43.1 Å². The van der Waals surface area contributed by atoms with Gasteiger partial charge in [-0.2, -0.15) is 0 Å². The Labute approximate surface area is 120 Å². The second kappa shape index (κ2) is 5.95. The topological polar surface area (TPSA) is 52.2 Å². The van der Waals surface area contributed by atoms with Crippen LogP contribution in [-0.2, 0) is 4.79 Å². The molecule has 1 N–H and O–H groups in total. The van der Waals surface area contributed by atoms with Crippen molar-refractivity contribution >= 4 is 5.91 Å². The van der Waals surface area contributed by atoms with Gasteiger partial charge in [0.2, 0.25) is 5.91 Å². The molecule has 110 valence electrons. The number of aromatic amines is 1. The minimum Gasteiger partial charge on any atom is -0.346 e. The normalized spacial score (nSPS) is 24.2. The summed E-state index contributed by atoms with van der Waals surface area (Å²) in [6.07, 6.45) is 6.56. The average molecular weight is 276 g/mol. The zero-order valence-electron chi connectivity index (χ0n) is 12.3. The summed E-state index contributed by atoms with van der Waals surface area (Å²) >= 11 is 0. The molecule has 0 saturated carbocycles. The number of likely N-dealkylation sites (tertiary alicyclic amines) is 2. The highest BCUT2D eigenvalue weighted by atomic mass is 16.2. The SMILES string of the molecule is Cc1cnc([C@H]2CCCN(C(=O)CN3CCCC3)C2)[nH]1. The minimum atomic E-state index is 0.292. The lowest BCUT2D eigenvalue weighted by Gasteiger charge is -2.33. The van der Waals surface area contributed by atoms with E-state index in [2.05, 4.69) is 14.9 Å². The standard InChI is InChI=1S/C15H24N4O/c1-12-9-16-15(17-12)13-5-4-8-19(10-13)14(20)11-18-6-2-3-7-18/h9,13H,2-8,10-11H2,1H3,(H,16,17)/t13-/m0/s1. The molecule has 0 aliphatic carbocycles. The van der Waals surface area contributed by atoms with E-state index in [0.717, 1.165) is 50.5 Å². The van der Waals surface area contributed by atoms with E-state index in [9.17, 15) is 4.79 Å². The van der Waals surface area contributed by atoms with Crippen molar-refractivity contribution in [2.45, 2.75) is 38.5 Å². The number of piperidine rings is 1. The van der Waals surface area contributed by atoms with Crippen molar-refractivity contribution in [3.63, 3.8) is 0 Å². The number of rotatable bonds is 3. The number of carbonyl (C=O) groups excluding carboxylic acids is 1. The van der Waals surface area contributed by atoms with Gasteiger partial charge in [-0.3, -0.25) is 9.69 Å². The number of aromatic nitrogens is 2. The molecule has 0 bridgehead atoms. The minimum absolute atomic E-state index is 0.292. The maximum atomic E-state index is 12.4. The van der Waals surface area contributed by atoms with Crippen LogP contribution in [0.3, 0.4) is 0 Å². The number of amides is 1. The van der Waals surface area contributed by atoms with E-state index in [0.29, 0.717) is 18.4 Å². The van der Waals surface area contributed by atoms with Crippen molar-refractivity contribution in [1.82, 2.24) is 19.8 Å². The van der Waals surface area contributed by atoms with Crippen molar-refractivity contribution < 1.29 is 4.79 Å². The number of nitrogens with zero attached hydrogens (tertiary/aromatic N) is 3. The molecule has 5 heteroatoms. The first-order valence-corrected chi connectivity index (χ1v) is 7.74. The first-order chi connectivity index (χ1) is 9.72. The third-order valence-corrected chi connectivity index (χ3v) is 4.44. The van der Waals surface area contributed by atoms with E-state index >= 15 is 0 Å². The van der Waals surface area contributed by atoms with E-state index < -0.39 is 0 Å². The molecule has 20 heavy (non-hydrogen) atoms. The molecule has 1 amide bonds. The summed E-state index contributed by atoms with van der Waals surface area (Å²) < 4.78 is 0. The molecule has 3 rings (SSSR count). The van der Waals surface area contributed by atoms with Crippen LogP contribution in [0.4, 0.5) is 0 Å². The monoisotopic (exact) mass is 276 g/mol. The Morgan fingerprint density at radius 2 is 2.15 bits per heavy atom. The highest BCUT2D eigenvalue weighted by Gasteiger charge is 2.27. The molecule has 3 heterocycles. The zero-order chi connectivity index (χ0) is 13.9. The zero-order valence-corrected chi connectivity index (χ0v) is 12.3. The van der Waals surface area contributed by atoms with Gasteiger partial charge in [0.1, 0.15) is 5.82 Å². The Balaban J connectivity index is 1.58. The summed E-state index contributed by atoms with van der Waals surface area (Å²) in [6, 6.07) is 0. The molecule has 2 saturated heterocycles. The van der Waals surface area contributed by atoms with Gasteiger partial charge in [-0.15, -0.1) is 0 Å². The fourth-order valence-electron chi connectivity index (χ4n) is 3.30. The molecule has 5 nitrogen and oxygen atoms in total. The van der Waals surface area contributed by atoms with Gasteiger partial charge < -0.3 is 9.88 Å². The number of hydrogen-bond donors (Lipinski definition) is 1. The summed E-state index contributed by atoms with van der Waals surface area (Å²) in [6.45, 7) is 6.52. The molecule has 0 radical (unpaired) electrons. The molecule has 2 fully saturated rings. The largest absolute Gasteiger partial charge is 0.346 e. The number of hydrogen-bond acceptors (Lipinski definition) is 3. The van der Waals surface area contributed by atoms with Gasteiger partial charge >= 0.3 is 0 Å². The molecule has 0 aromatic carbocycles. The van der Waals surface area contributed by atoms with Gasteiger partial charge in [0.15, 0.2) is 0 Å². The lowest BCUT2D eigenvalue weighted by Crippen LogP contribution is -2.44. The van der Waals surface area contributed by atoms with E-state index in [1.807, 2.05) is 18.0 Å². The molecule has 1 atom stereocenters. The van der Waals surface area contributed by atoms with Crippen molar-refractivity contribution in [2.75, 3.05) is 32.7 Å². The van der Waals surface area contributed by atoms with Crippen molar-refractivity contribution in [3.8, 4) is 0 Å². The first kappa shape index (κ1) is 13.6. The maximum absolute atomic E-state index is 12.4. The molecule has 2 aliphatic rings. The van der Waals surface area contributed by atoms with Crippen LogP contribution in [0.25, 0.3) is 0 Å². The number of aryl methyl sites for hydroxylation is 1. The predicted molar refractivity (Wildman–Crippen MR) is 77.6 cm³/mol. The number of nitrogens with one attached hydrogen (secondary N) is 1. The van der Waals surface area contributed by atoms with Gasteiger partial charge in [0.05, 0.1) is 6.54 Å². The Bertz CT molecular complexity index is 464. The van der Waals surface area contributed by atoms with Crippen LogP contribution in [-0.4, -0.2) is 58.4 Å². The van der Waals surface area contributed by atoms with E-state index in [4.69, 9.17) is 0 Å². The van der Waals surface area contributed by atoms with Crippen molar-refractivity contribution in [3.05, 3.63) is 17.7 Å². The Kier molecular flexibility index (Phi) is 4.05. The van der Waals surface area contributed by atoms with Gasteiger partial charge in [-0.1, -0.05) is 0 Å². The molecule has 0 unspecified atom stereocenters. The fraction of sp³-hybridized carbons (Fsp3) is 0.733. The number of carbonyl (C=O) groups is 1. The van der Waals surface area contributed by atoms with Gasteiger partial charge in [0.25, 0.3) is 0 Å². The average Bonchev–Trinajstić information content (AvgIpc) is 3.10. The van der Waals surface area contributed by atoms with Crippen LogP contribution < -0.4 is 0 Å². The smallest absolute Gasteiger partial charge is 0.236 e. The van der Waals surface area contributed by atoms with Crippen LogP contribution in [0, 0.1) is 6.92 Å². The summed E-state index contributed by atoms with van der Waals surface area (Å²) in [5, 5.41) is 0. The summed E-state index contributed by atoms with van der Waals surface area (Å²) in [5.74, 6) is 1.71. The summed E-state index contributed by atoms with van der Waals surface area (Å²) in [5.41, 5.74) is 1.10. The van der Waals surface area contributed by atoms with Crippen LogP contribution in [0.5, 0.6) is 0 Å². The molecule has 2 aliphatic heterocycles. The first-order valence-electron chi connectivity index (χ1n) is 7.74. The molecule has 1 aromatic rings. The van der Waals surface area contributed by atoms with Gasteiger partial charge in [-0.05, 0) is 45.7 Å². The van der Waals surface area contributed by atoms with Gasteiger partial charge in [0, 0.05) is 30.9 Å². The third-order valence-electron chi connectivity index (χ3n) is 4.44. The van der Waals surface area contributed by atoms with Crippen LogP contribution in [0.2, 0.25) is 0 Å². The maximum Gasteiger partial charge on any atom is 0.236 e.